The average Bonchev–Trinajstić information content (AvgIpc) is 2.60. The first-order valence-corrected chi connectivity index (χ1v) is 4.21. The first-order chi connectivity index (χ1) is 5.89. The first kappa shape index (κ1) is 9.16. The monoisotopic (exact) mass is 165 g/mol. The number of hydrogen-bond donors (Lipinski definition) is 2. The van der Waals surface area contributed by atoms with Gasteiger partial charge in [0.05, 0.1) is 0 Å². The van der Waals surface area contributed by atoms with Crippen LogP contribution in [0.4, 0.5) is 0 Å². The van der Waals surface area contributed by atoms with Crippen molar-refractivity contribution in [3.63, 3.8) is 0 Å². The average molecular weight is 165 g/mol. The summed E-state index contributed by atoms with van der Waals surface area (Å²) < 4.78 is 0. The summed E-state index contributed by atoms with van der Waals surface area (Å²) >= 11 is 0. The van der Waals surface area contributed by atoms with E-state index in [0.717, 1.165) is 19.5 Å². The van der Waals surface area contributed by atoms with Crippen LogP contribution in [0.3, 0.4) is 0 Å². The molecule has 3 N–H and O–H groups in total. The van der Waals surface area contributed by atoms with E-state index in [2.05, 4.69) is 10.3 Å². The standard InChI is InChI=1S/C5H5N.C4H10N2/c1-2-4-6-5-3-1;5-4-1-2-6-3-4/h1-5H;4,6H,1-3,5H2. The summed E-state index contributed by atoms with van der Waals surface area (Å²) in [5, 5.41) is 3.15. The molecule has 1 aromatic rings. The van der Waals surface area contributed by atoms with Crippen LogP contribution in [0.2, 0.25) is 0 Å². The highest BCUT2D eigenvalue weighted by Crippen LogP contribution is 1.90. The fraction of sp³-hybridized carbons (Fsp3) is 0.444. The number of aromatic nitrogens is 1. The van der Waals surface area contributed by atoms with Crippen LogP contribution in [-0.2, 0) is 0 Å². The molecule has 2 heterocycles. The van der Waals surface area contributed by atoms with Crippen LogP contribution in [0.15, 0.2) is 30.6 Å². The molecule has 3 heteroatoms. The smallest absolute Gasteiger partial charge is 0.0267 e. The molecule has 1 saturated heterocycles. The van der Waals surface area contributed by atoms with E-state index in [9.17, 15) is 0 Å². The van der Waals surface area contributed by atoms with Crippen LogP contribution in [-0.4, -0.2) is 24.1 Å². The molecule has 1 fully saturated rings. The van der Waals surface area contributed by atoms with Crippen LogP contribution in [0.1, 0.15) is 6.42 Å². The molecule has 0 bridgehead atoms. The van der Waals surface area contributed by atoms with Gasteiger partial charge in [0.2, 0.25) is 0 Å². The Bertz CT molecular complexity index is 156. The van der Waals surface area contributed by atoms with Gasteiger partial charge in [-0.1, -0.05) is 6.07 Å². The summed E-state index contributed by atoms with van der Waals surface area (Å²) in [6, 6.07) is 6.15. The number of nitrogens with zero attached hydrogens (tertiary/aromatic N) is 1. The number of rotatable bonds is 0. The molecule has 0 amide bonds. The summed E-state index contributed by atoms with van der Waals surface area (Å²) in [6.45, 7) is 2.13. The Labute approximate surface area is 73.0 Å². The lowest BCUT2D eigenvalue weighted by Crippen LogP contribution is -2.21. The molecule has 0 spiro atoms. The van der Waals surface area contributed by atoms with Crippen molar-refractivity contribution in [1.29, 1.82) is 0 Å². The van der Waals surface area contributed by atoms with Crippen LogP contribution < -0.4 is 11.1 Å². The molecule has 1 aromatic heterocycles. The van der Waals surface area contributed by atoms with Crippen molar-refractivity contribution in [2.45, 2.75) is 12.5 Å². The van der Waals surface area contributed by atoms with Gasteiger partial charge < -0.3 is 11.1 Å². The summed E-state index contributed by atoms with van der Waals surface area (Å²) in [7, 11) is 0. The predicted molar refractivity (Wildman–Crippen MR) is 49.7 cm³/mol. The minimum atomic E-state index is 0.435. The molecule has 1 aliphatic rings. The SMILES string of the molecule is NC1CCNC1.c1ccncc1. The van der Waals surface area contributed by atoms with Crippen molar-refractivity contribution >= 4 is 0 Å². The Morgan fingerprint density at radius 1 is 1.25 bits per heavy atom. The molecule has 0 aliphatic carbocycles. The molecule has 0 saturated carbocycles. The summed E-state index contributed by atoms with van der Waals surface area (Å²) in [6.07, 6.45) is 4.65. The highest BCUT2D eigenvalue weighted by molar-refractivity contribution is 4.88. The summed E-state index contributed by atoms with van der Waals surface area (Å²) in [5.41, 5.74) is 5.47. The Morgan fingerprint density at radius 2 is 2.00 bits per heavy atom. The summed E-state index contributed by atoms with van der Waals surface area (Å²) in [4.78, 5) is 3.78. The van der Waals surface area contributed by atoms with Crippen molar-refractivity contribution in [3.05, 3.63) is 30.6 Å². The maximum Gasteiger partial charge on any atom is 0.0267 e. The lowest BCUT2D eigenvalue weighted by Gasteiger charge is -1.91. The van der Waals surface area contributed by atoms with Gasteiger partial charge in [-0.3, -0.25) is 4.98 Å². The van der Waals surface area contributed by atoms with E-state index in [1.54, 1.807) is 12.4 Å². The highest BCUT2D eigenvalue weighted by Gasteiger charge is 2.06. The van der Waals surface area contributed by atoms with Gasteiger partial charge in [-0.2, -0.15) is 0 Å². The van der Waals surface area contributed by atoms with Crippen molar-refractivity contribution in [1.82, 2.24) is 10.3 Å². The van der Waals surface area contributed by atoms with E-state index in [1.165, 1.54) is 0 Å². The lowest BCUT2D eigenvalue weighted by atomic mass is 10.3. The van der Waals surface area contributed by atoms with E-state index in [0.29, 0.717) is 6.04 Å². The first-order valence-electron chi connectivity index (χ1n) is 4.21. The zero-order chi connectivity index (χ0) is 8.65. The van der Waals surface area contributed by atoms with Gasteiger partial charge in [-0.25, -0.2) is 0 Å². The minimum Gasteiger partial charge on any atom is -0.327 e. The third kappa shape index (κ3) is 4.05. The molecular weight excluding hydrogens is 150 g/mol. The van der Waals surface area contributed by atoms with Gasteiger partial charge in [-0.05, 0) is 25.1 Å². The zero-order valence-corrected chi connectivity index (χ0v) is 7.11. The van der Waals surface area contributed by atoms with E-state index in [1.807, 2.05) is 18.2 Å². The number of hydrogen-bond acceptors (Lipinski definition) is 3. The molecule has 0 radical (unpaired) electrons. The quantitative estimate of drug-likeness (QED) is 0.584. The van der Waals surface area contributed by atoms with Crippen molar-refractivity contribution < 1.29 is 0 Å². The lowest BCUT2D eigenvalue weighted by molar-refractivity contribution is 0.742. The molecule has 1 aliphatic heterocycles. The van der Waals surface area contributed by atoms with Crippen LogP contribution >= 0.6 is 0 Å². The summed E-state index contributed by atoms with van der Waals surface area (Å²) in [5.74, 6) is 0. The maximum atomic E-state index is 5.47. The Hall–Kier alpha value is -0.930. The van der Waals surface area contributed by atoms with Gasteiger partial charge in [-0.15, -0.1) is 0 Å². The zero-order valence-electron chi connectivity index (χ0n) is 7.11. The second-order valence-electron chi connectivity index (χ2n) is 2.78. The molecule has 66 valence electrons. The maximum absolute atomic E-state index is 5.47. The number of nitrogens with one attached hydrogen (secondary N) is 1. The van der Waals surface area contributed by atoms with Gasteiger partial charge in [0, 0.05) is 25.0 Å². The van der Waals surface area contributed by atoms with Gasteiger partial charge in [0.15, 0.2) is 0 Å². The third-order valence-corrected chi connectivity index (χ3v) is 1.66. The van der Waals surface area contributed by atoms with E-state index in [-0.39, 0.29) is 0 Å². The Morgan fingerprint density at radius 3 is 2.17 bits per heavy atom. The van der Waals surface area contributed by atoms with Gasteiger partial charge >= 0.3 is 0 Å². The van der Waals surface area contributed by atoms with E-state index in [4.69, 9.17) is 5.73 Å². The Kier molecular flexibility index (Phi) is 4.34. The molecule has 12 heavy (non-hydrogen) atoms. The van der Waals surface area contributed by atoms with Crippen molar-refractivity contribution in [2.24, 2.45) is 5.73 Å². The highest BCUT2D eigenvalue weighted by atomic mass is 14.9. The van der Waals surface area contributed by atoms with E-state index < -0.39 is 0 Å². The second kappa shape index (κ2) is 5.69. The topological polar surface area (TPSA) is 50.9 Å². The molecule has 1 atom stereocenters. The number of pyridine rings is 1. The van der Waals surface area contributed by atoms with Crippen molar-refractivity contribution in [3.8, 4) is 0 Å². The van der Waals surface area contributed by atoms with Gasteiger partial charge in [0.1, 0.15) is 0 Å². The van der Waals surface area contributed by atoms with Gasteiger partial charge in [0.25, 0.3) is 0 Å². The van der Waals surface area contributed by atoms with E-state index >= 15 is 0 Å². The van der Waals surface area contributed by atoms with Crippen molar-refractivity contribution in [2.75, 3.05) is 13.1 Å². The molecule has 3 nitrogen and oxygen atoms in total. The third-order valence-electron chi connectivity index (χ3n) is 1.66. The fourth-order valence-corrected chi connectivity index (χ4v) is 0.990. The molecular formula is C9H15N3. The van der Waals surface area contributed by atoms with Crippen LogP contribution in [0, 0.1) is 0 Å². The van der Waals surface area contributed by atoms with Crippen LogP contribution in [0.25, 0.3) is 0 Å². The largest absolute Gasteiger partial charge is 0.327 e. The number of nitrogens with two attached hydrogens (primary N) is 1. The molecule has 0 aromatic carbocycles. The molecule has 2 rings (SSSR count). The normalized spacial score (nSPS) is 21.2. The second-order valence-corrected chi connectivity index (χ2v) is 2.78. The predicted octanol–water partition coefficient (Wildman–Crippen LogP) is 0.389. The van der Waals surface area contributed by atoms with Crippen LogP contribution in [0.5, 0.6) is 0 Å². The minimum absolute atomic E-state index is 0.435. The fourth-order valence-electron chi connectivity index (χ4n) is 0.990. The Balaban J connectivity index is 0.000000120. The molecule has 1 unspecified atom stereocenters.